The molecule has 19 heavy (non-hydrogen) atoms. The Kier molecular flexibility index (Phi) is 5.25. The topological polar surface area (TPSA) is 71.4 Å². The van der Waals surface area contributed by atoms with E-state index in [9.17, 15) is 0 Å². The summed E-state index contributed by atoms with van der Waals surface area (Å²) in [5, 5.41) is 9.31. The van der Waals surface area contributed by atoms with Crippen LogP contribution in [0, 0.1) is 11.3 Å². The molecule has 5 heteroatoms. The highest BCUT2D eigenvalue weighted by atomic mass is 32.2. The van der Waals surface area contributed by atoms with Crippen molar-refractivity contribution in [3.05, 3.63) is 35.4 Å². The van der Waals surface area contributed by atoms with Crippen molar-refractivity contribution in [3.8, 4) is 6.07 Å². The van der Waals surface area contributed by atoms with Gasteiger partial charge in [0, 0.05) is 12.4 Å². The molecule has 1 aromatic rings. The molecule has 1 fully saturated rings. The van der Waals surface area contributed by atoms with Crippen LogP contribution in [0.1, 0.15) is 24.0 Å². The molecule has 1 saturated heterocycles. The summed E-state index contributed by atoms with van der Waals surface area (Å²) in [5.41, 5.74) is 7.67. The van der Waals surface area contributed by atoms with E-state index in [1.54, 1.807) is 0 Å². The Labute approximate surface area is 117 Å². The van der Waals surface area contributed by atoms with E-state index in [4.69, 9.17) is 15.7 Å². The molecule has 4 nitrogen and oxygen atoms in total. The van der Waals surface area contributed by atoms with Crippen molar-refractivity contribution in [3.63, 3.8) is 0 Å². The molecule has 0 spiro atoms. The van der Waals surface area contributed by atoms with Crippen LogP contribution in [0.5, 0.6) is 0 Å². The third-order valence-corrected chi connectivity index (χ3v) is 3.85. The van der Waals surface area contributed by atoms with Crippen molar-refractivity contribution in [1.82, 2.24) is 0 Å². The molecule has 2 rings (SSSR count). The third-order valence-electron chi connectivity index (χ3n) is 2.94. The van der Waals surface area contributed by atoms with E-state index in [0.29, 0.717) is 17.3 Å². The second-order valence-electron chi connectivity index (χ2n) is 4.41. The summed E-state index contributed by atoms with van der Waals surface area (Å²) in [7, 11) is 0. The Morgan fingerprint density at radius 3 is 2.89 bits per heavy atom. The van der Waals surface area contributed by atoms with Gasteiger partial charge in [0.2, 0.25) is 0 Å². The lowest BCUT2D eigenvalue weighted by molar-refractivity contribution is 0.118. The van der Waals surface area contributed by atoms with Crippen LogP contribution >= 0.6 is 11.8 Å². The van der Waals surface area contributed by atoms with Gasteiger partial charge in [-0.05, 0) is 30.5 Å². The molecule has 2 N–H and O–H groups in total. The van der Waals surface area contributed by atoms with Crippen molar-refractivity contribution in [2.75, 3.05) is 13.2 Å². The number of aliphatic imine (C=N–C) groups is 1. The first-order chi connectivity index (χ1) is 9.28. The highest BCUT2D eigenvalue weighted by Crippen LogP contribution is 2.15. The Balaban J connectivity index is 1.77. The number of nitrogens with two attached hydrogens (primary N) is 1. The number of amidine groups is 1. The summed E-state index contributed by atoms with van der Waals surface area (Å²) >= 11 is 1.52. The fourth-order valence-electron chi connectivity index (χ4n) is 1.86. The molecule has 100 valence electrons. The number of nitrogens with zero attached hydrogens (tertiary/aromatic N) is 2. The highest BCUT2D eigenvalue weighted by Gasteiger charge is 2.14. The average molecular weight is 275 g/mol. The summed E-state index contributed by atoms with van der Waals surface area (Å²) in [6, 6.07) is 9.62. The molecule has 0 aromatic heterocycles. The average Bonchev–Trinajstić information content (AvgIpc) is 2.96. The molecule has 1 atom stereocenters. The maximum Gasteiger partial charge on any atom is 0.154 e. The number of hydrogen-bond acceptors (Lipinski definition) is 4. The van der Waals surface area contributed by atoms with Gasteiger partial charge in [0.1, 0.15) is 0 Å². The first-order valence-corrected chi connectivity index (χ1v) is 7.30. The Morgan fingerprint density at radius 1 is 1.47 bits per heavy atom. The van der Waals surface area contributed by atoms with Gasteiger partial charge in [-0.25, -0.2) is 0 Å². The molecule has 0 radical (unpaired) electrons. The Bertz CT molecular complexity index is 472. The number of thioether (sulfide) groups is 1. The van der Waals surface area contributed by atoms with E-state index in [1.165, 1.54) is 11.8 Å². The molecule has 0 saturated carbocycles. The molecular weight excluding hydrogens is 258 g/mol. The van der Waals surface area contributed by atoms with Gasteiger partial charge in [-0.3, -0.25) is 4.99 Å². The molecular formula is C14H17N3OS. The van der Waals surface area contributed by atoms with E-state index in [-0.39, 0.29) is 6.10 Å². The van der Waals surface area contributed by atoms with Crippen molar-refractivity contribution >= 4 is 16.9 Å². The lowest BCUT2D eigenvalue weighted by Crippen LogP contribution is -2.14. The van der Waals surface area contributed by atoms with Gasteiger partial charge in [-0.1, -0.05) is 23.9 Å². The second-order valence-corrected chi connectivity index (χ2v) is 5.41. The standard InChI is InChI=1S/C14H17N3OS/c15-8-11-3-5-12(6-4-11)10-19-14(16)17-9-13-2-1-7-18-13/h3-6,13H,1-2,7,9-10H2,(H2,16,17)/t13-/m0/s1. The minimum absolute atomic E-state index is 0.245. The third kappa shape index (κ3) is 4.58. The van der Waals surface area contributed by atoms with Gasteiger partial charge >= 0.3 is 0 Å². The number of rotatable bonds is 4. The number of hydrogen-bond donors (Lipinski definition) is 1. The van der Waals surface area contributed by atoms with Crippen LogP contribution in [0.4, 0.5) is 0 Å². The van der Waals surface area contributed by atoms with Crippen LogP contribution < -0.4 is 5.73 Å². The van der Waals surface area contributed by atoms with Gasteiger partial charge in [0.15, 0.2) is 5.17 Å². The second kappa shape index (κ2) is 7.17. The summed E-state index contributed by atoms with van der Waals surface area (Å²) in [6.07, 6.45) is 2.45. The predicted molar refractivity (Wildman–Crippen MR) is 77.9 cm³/mol. The molecule has 0 unspecified atom stereocenters. The van der Waals surface area contributed by atoms with Gasteiger partial charge in [-0.2, -0.15) is 5.26 Å². The number of benzene rings is 1. The highest BCUT2D eigenvalue weighted by molar-refractivity contribution is 8.13. The van der Waals surface area contributed by atoms with Crippen molar-refractivity contribution < 1.29 is 4.74 Å². The zero-order valence-corrected chi connectivity index (χ0v) is 11.5. The lowest BCUT2D eigenvalue weighted by atomic mass is 10.2. The van der Waals surface area contributed by atoms with E-state index < -0.39 is 0 Å². The van der Waals surface area contributed by atoms with Crippen molar-refractivity contribution in [2.24, 2.45) is 10.7 Å². The van der Waals surface area contributed by atoms with Gasteiger partial charge in [0.25, 0.3) is 0 Å². The fourth-order valence-corrected chi connectivity index (χ4v) is 2.53. The van der Waals surface area contributed by atoms with Crippen molar-refractivity contribution in [2.45, 2.75) is 24.7 Å². The molecule has 1 aromatic carbocycles. The van der Waals surface area contributed by atoms with Gasteiger partial charge < -0.3 is 10.5 Å². The van der Waals surface area contributed by atoms with Crippen LogP contribution in [0.25, 0.3) is 0 Å². The maximum absolute atomic E-state index is 8.71. The number of nitriles is 1. The summed E-state index contributed by atoms with van der Waals surface area (Å²) in [5.74, 6) is 0.770. The van der Waals surface area contributed by atoms with Crippen LogP contribution in [0.3, 0.4) is 0 Å². The molecule has 0 bridgehead atoms. The summed E-state index contributed by atoms with van der Waals surface area (Å²) < 4.78 is 5.49. The quantitative estimate of drug-likeness (QED) is 0.676. The Morgan fingerprint density at radius 2 is 2.26 bits per heavy atom. The summed E-state index contributed by atoms with van der Waals surface area (Å²) in [4.78, 5) is 4.33. The van der Waals surface area contributed by atoms with E-state index in [2.05, 4.69) is 11.1 Å². The lowest BCUT2D eigenvalue weighted by Gasteiger charge is -2.06. The predicted octanol–water partition coefficient (Wildman–Crippen LogP) is 2.29. The largest absolute Gasteiger partial charge is 0.379 e. The van der Waals surface area contributed by atoms with E-state index in [0.717, 1.165) is 30.8 Å². The molecule has 0 amide bonds. The van der Waals surface area contributed by atoms with Gasteiger partial charge in [0.05, 0.1) is 24.3 Å². The monoisotopic (exact) mass is 275 g/mol. The smallest absolute Gasteiger partial charge is 0.154 e. The van der Waals surface area contributed by atoms with E-state index >= 15 is 0 Å². The van der Waals surface area contributed by atoms with Crippen molar-refractivity contribution in [1.29, 1.82) is 5.26 Å². The molecule has 1 aliphatic heterocycles. The van der Waals surface area contributed by atoms with E-state index in [1.807, 2.05) is 24.3 Å². The Hall–Kier alpha value is -1.51. The molecule has 1 aliphatic rings. The first kappa shape index (κ1) is 13.9. The minimum Gasteiger partial charge on any atom is -0.379 e. The molecule has 0 aliphatic carbocycles. The van der Waals surface area contributed by atoms with Crippen LogP contribution in [-0.2, 0) is 10.5 Å². The van der Waals surface area contributed by atoms with Gasteiger partial charge in [-0.15, -0.1) is 0 Å². The molecule has 1 heterocycles. The maximum atomic E-state index is 8.71. The SMILES string of the molecule is N#Cc1ccc(CSC(N)=NC[C@@H]2CCCO2)cc1. The number of ether oxygens (including phenoxy) is 1. The zero-order chi connectivity index (χ0) is 13.5. The van der Waals surface area contributed by atoms with Crippen LogP contribution in [0.15, 0.2) is 29.3 Å². The van der Waals surface area contributed by atoms with Crippen LogP contribution in [-0.4, -0.2) is 24.4 Å². The zero-order valence-electron chi connectivity index (χ0n) is 10.7. The minimum atomic E-state index is 0.245. The normalized spacial score (nSPS) is 19.3. The first-order valence-electron chi connectivity index (χ1n) is 6.31. The van der Waals surface area contributed by atoms with Crippen LogP contribution in [0.2, 0.25) is 0 Å². The summed E-state index contributed by atoms with van der Waals surface area (Å²) in [6.45, 7) is 1.50. The fraction of sp³-hybridized carbons (Fsp3) is 0.429.